The molecule has 1 aromatic heterocycles. The van der Waals surface area contributed by atoms with E-state index in [4.69, 9.17) is 0 Å². The minimum absolute atomic E-state index is 0.349. The van der Waals surface area contributed by atoms with Gasteiger partial charge in [0, 0.05) is 12.6 Å². The van der Waals surface area contributed by atoms with Gasteiger partial charge in [-0.05, 0) is 11.6 Å². The molecule has 11 heavy (non-hydrogen) atoms. The molecule has 0 atom stereocenters. The minimum atomic E-state index is -2.40. The van der Waals surface area contributed by atoms with Crippen molar-refractivity contribution < 1.29 is 13.2 Å². The van der Waals surface area contributed by atoms with Gasteiger partial charge in [0.2, 0.25) is 12.4 Å². The monoisotopic (exact) mass is 161 g/mol. The molecule has 1 nitrogen and oxygen atoms in total. The first kappa shape index (κ1) is 8.04. The lowest BCUT2D eigenvalue weighted by molar-refractivity contribution is 0.149. The van der Waals surface area contributed by atoms with E-state index in [-0.39, 0.29) is 6.42 Å². The molecular weight excluding hydrogens is 155 g/mol. The summed E-state index contributed by atoms with van der Waals surface area (Å²) in [6.45, 7) is 0. The fraction of sp³-hybridized carbons (Fsp3) is 0.286. The molecule has 4 heteroatoms. The highest BCUT2D eigenvalue weighted by atomic mass is 19.3. The molecule has 0 N–H and O–H groups in total. The van der Waals surface area contributed by atoms with Crippen LogP contribution in [0.5, 0.6) is 0 Å². The summed E-state index contributed by atoms with van der Waals surface area (Å²) in [5, 5.41) is 0. The van der Waals surface area contributed by atoms with Gasteiger partial charge in [0.25, 0.3) is 0 Å². The average molecular weight is 161 g/mol. The van der Waals surface area contributed by atoms with E-state index in [0.717, 1.165) is 12.3 Å². The smallest absolute Gasteiger partial charge is 0.228 e. The Labute approximate surface area is 61.9 Å². The molecule has 0 fully saturated rings. The summed E-state index contributed by atoms with van der Waals surface area (Å²) in [6, 6.07) is 2.37. The first-order valence-electron chi connectivity index (χ1n) is 3.07. The van der Waals surface area contributed by atoms with Crippen molar-refractivity contribution >= 4 is 0 Å². The van der Waals surface area contributed by atoms with E-state index >= 15 is 0 Å². The number of hydrogen-bond acceptors (Lipinski definition) is 1. The molecule has 0 saturated heterocycles. The second-order valence-corrected chi connectivity index (χ2v) is 2.08. The Hall–Kier alpha value is -1.06. The summed E-state index contributed by atoms with van der Waals surface area (Å²) in [5.74, 6) is -0.650. The molecule has 60 valence electrons. The zero-order valence-corrected chi connectivity index (χ0v) is 5.60. The molecule has 0 aliphatic heterocycles. The molecule has 1 rings (SSSR count). The van der Waals surface area contributed by atoms with Crippen molar-refractivity contribution in [2.24, 2.45) is 0 Å². The fourth-order valence-corrected chi connectivity index (χ4v) is 0.705. The molecule has 0 aliphatic carbocycles. The third-order valence-electron chi connectivity index (χ3n) is 1.18. The van der Waals surface area contributed by atoms with E-state index in [1.807, 2.05) is 0 Å². The number of pyridine rings is 1. The van der Waals surface area contributed by atoms with Crippen molar-refractivity contribution in [2.45, 2.75) is 12.8 Å². The predicted molar refractivity (Wildman–Crippen MR) is 33.9 cm³/mol. The van der Waals surface area contributed by atoms with E-state index in [1.54, 1.807) is 0 Å². The molecule has 0 spiro atoms. The van der Waals surface area contributed by atoms with Crippen molar-refractivity contribution in [1.82, 2.24) is 4.98 Å². The van der Waals surface area contributed by atoms with Crippen LogP contribution < -0.4 is 0 Å². The summed E-state index contributed by atoms with van der Waals surface area (Å²) in [5.41, 5.74) is 0.349. The van der Waals surface area contributed by atoms with Crippen LogP contribution in [0.2, 0.25) is 0 Å². The number of aromatic nitrogens is 1. The zero-order valence-electron chi connectivity index (χ0n) is 5.60. The number of alkyl halides is 2. The van der Waals surface area contributed by atoms with Gasteiger partial charge < -0.3 is 0 Å². The molecule has 0 aromatic carbocycles. The molecule has 0 unspecified atom stereocenters. The van der Waals surface area contributed by atoms with Gasteiger partial charge in [-0.3, -0.25) is 0 Å². The fourth-order valence-electron chi connectivity index (χ4n) is 0.705. The van der Waals surface area contributed by atoms with Crippen LogP contribution in [0.1, 0.15) is 5.56 Å². The van der Waals surface area contributed by atoms with E-state index in [1.165, 1.54) is 6.07 Å². The average Bonchev–Trinajstić information content (AvgIpc) is 1.93. The van der Waals surface area contributed by atoms with Crippen LogP contribution in [0.4, 0.5) is 13.2 Å². The summed E-state index contributed by atoms with van der Waals surface area (Å²) in [6.07, 6.45) is -1.66. The quantitative estimate of drug-likeness (QED) is 0.605. The summed E-state index contributed by atoms with van der Waals surface area (Å²) < 4.78 is 35.5. The second-order valence-electron chi connectivity index (χ2n) is 2.08. The Kier molecular flexibility index (Phi) is 2.46. The largest absolute Gasteiger partial charge is 0.242 e. The zero-order chi connectivity index (χ0) is 8.27. The maximum absolute atomic E-state index is 12.1. The lowest BCUT2D eigenvalue weighted by Gasteiger charge is -1.97. The maximum atomic E-state index is 12.1. The highest BCUT2D eigenvalue weighted by Crippen LogP contribution is 2.05. The van der Waals surface area contributed by atoms with Crippen LogP contribution in [0, 0.1) is 5.95 Å². The number of halogens is 3. The SMILES string of the molecule is Fc1ccc(CC(F)F)cn1. The van der Waals surface area contributed by atoms with Crippen molar-refractivity contribution in [3.63, 3.8) is 0 Å². The number of nitrogens with zero attached hydrogens (tertiary/aromatic N) is 1. The molecule has 1 aromatic rings. The lowest BCUT2D eigenvalue weighted by atomic mass is 10.2. The first-order valence-corrected chi connectivity index (χ1v) is 3.07. The van der Waals surface area contributed by atoms with Crippen LogP contribution in [0.25, 0.3) is 0 Å². The van der Waals surface area contributed by atoms with Gasteiger partial charge >= 0.3 is 0 Å². The van der Waals surface area contributed by atoms with Crippen LogP contribution in [-0.4, -0.2) is 11.4 Å². The van der Waals surface area contributed by atoms with Crippen LogP contribution in [-0.2, 0) is 6.42 Å². The lowest BCUT2D eigenvalue weighted by Crippen LogP contribution is -1.97. The maximum Gasteiger partial charge on any atom is 0.242 e. The van der Waals surface area contributed by atoms with E-state index < -0.39 is 12.4 Å². The van der Waals surface area contributed by atoms with Gasteiger partial charge in [0.15, 0.2) is 0 Å². The summed E-state index contributed by atoms with van der Waals surface area (Å²) in [4.78, 5) is 3.23. The minimum Gasteiger partial charge on any atom is -0.228 e. The Balaban J connectivity index is 2.66. The van der Waals surface area contributed by atoms with Gasteiger partial charge in [-0.1, -0.05) is 6.07 Å². The highest BCUT2D eigenvalue weighted by molar-refractivity contribution is 5.09. The number of hydrogen-bond donors (Lipinski definition) is 0. The molecule has 0 aliphatic rings. The van der Waals surface area contributed by atoms with Gasteiger partial charge in [0.1, 0.15) is 0 Å². The van der Waals surface area contributed by atoms with Crippen molar-refractivity contribution in [3.05, 3.63) is 29.8 Å². The Bertz CT molecular complexity index is 220. The summed E-state index contributed by atoms with van der Waals surface area (Å²) in [7, 11) is 0. The highest BCUT2D eigenvalue weighted by Gasteiger charge is 2.03. The Morgan fingerprint density at radius 3 is 2.55 bits per heavy atom. The van der Waals surface area contributed by atoms with Crippen molar-refractivity contribution in [3.8, 4) is 0 Å². The Morgan fingerprint density at radius 1 is 1.36 bits per heavy atom. The molecule has 1 heterocycles. The standard InChI is InChI=1S/C7H6F3N/c8-6(9)3-5-1-2-7(10)11-4-5/h1-2,4,6H,3H2. The molecule has 0 saturated carbocycles. The topological polar surface area (TPSA) is 12.9 Å². The number of rotatable bonds is 2. The van der Waals surface area contributed by atoms with E-state index in [9.17, 15) is 13.2 Å². The predicted octanol–water partition coefficient (Wildman–Crippen LogP) is 2.03. The van der Waals surface area contributed by atoms with Crippen molar-refractivity contribution in [1.29, 1.82) is 0 Å². The molecule has 0 radical (unpaired) electrons. The van der Waals surface area contributed by atoms with Gasteiger partial charge in [-0.25, -0.2) is 13.8 Å². The third kappa shape index (κ3) is 2.57. The van der Waals surface area contributed by atoms with Crippen LogP contribution >= 0.6 is 0 Å². The molecule has 0 amide bonds. The van der Waals surface area contributed by atoms with Crippen LogP contribution in [0.15, 0.2) is 18.3 Å². The molecular formula is C7H6F3N. The van der Waals surface area contributed by atoms with Gasteiger partial charge in [-0.2, -0.15) is 4.39 Å². The van der Waals surface area contributed by atoms with Gasteiger partial charge in [0.05, 0.1) is 0 Å². The van der Waals surface area contributed by atoms with E-state index in [0.29, 0.717) is 5.56 Å². The van der Waals surface area contributed by atoms with E-state index in [2.05, 4.69) is 4.98 Å². The normalized spacial score (nSPS) is 10.5. The summed E-state index contributed by atoms with van der Waals surface area (Å²) >= 11 is 0. The molecule has 0 bridgehead atoms. The Morgan fingerprint density at radius 2 is 2.09 bits per heavy atom. The second kappa shape index (κ2) is 3.37. The van der Waals surface area contributed by atoms with Crippen LogP contribution in [0.3, 0.4) is 0 Å². The van der Waals surface area contributed by atoms with Gasteiger partial charge in [-0.15, -0.1) is 0 Å². The third-order valence-corrected chi connectivity index (χ3v) is 1.18. The van der Waals surface area contributed by atoms with Crippen molar-refractivity contribution in [2.75, 3.05) is 0 Å². The first-order chi connectivity index (χ1) is 5.18.